The van der Waals surface area contributed by atoms with Gasteiger partial charge in [-0.15, -0.1) is 0 Å². The van der Waals surface area contributed by atoms with E-state index in [0.29, 0.717) is 23.5 Å². The first-order valence-corrected chi connectivity index (χ1v) is 10.4. The maximum atomic E-state index is 11.5. The first-order valence-electron chi connectivity index (χ1n) is 8.52. The zero-order chi connectivity index (χ0) is 20.7. The van der Waals surface area contributed by atoms with Gasteiger partial charge in [-0.05, 0) is 55.5 Å². The highest BCUT2D eigenvalue weighted by atomic mass is 32.2. The average Bonchev–Trinajstić information content (AvgIpc) is 2.66. The van der Waals surface area contributed by atoms with Gasteiger partial charge in [0.1, 0.15) is 6.61 Å². The molecule has 148 valence electrons. The molecule has 2 aromatic carbocycles. The van der Waals surface area contributed by atoms with Crippen LogP contribution in [0.1, 0.15) is 6.92 Å². The number of carbonyl (C=O) groups excluding carboxylic acids is 1. The lowest BCUT2D eigenvalue weighted by molar-refractivity contribution is -0.138. The number of likely N-dealkylation sites (N-methyl/N-ethyl adjacent to an activating group) is 1. The quantitative estimate of drug-likeness (QED) is 0.378. The Bertz CT molecular complexity index is 966. The molecule has 28 heavy (non-hydrogen) atoms. The largest absolute Gasteiger partial charge is 0.460 e. The van der Waals surface area contributed by atoms with E-state index in [1.807, 2.05) is 36.2 Å². The minimum absolute atomic E-state index is 0.243. The van der Waals surface area contributed by atoms with Crippen LogP contribution >= 0.6 is 0 Å². The highest BCUT2D eigenvalue weighted by molar-refractivity contribution is 7.90. The predicted molar refractivity (Wildman–Crippen MR) is 109 cm³/mol. The smallest absolute Gasteiger partial charge is 0.333 e. The summed E-state index contributed by atoms with van der Waals surface area (Å²) in [5.41, 5.74) is 2.55. The van der Waals surface area contributed by atoms with Gasteiger partial charge in [0.05, 0.1) is 22.8 Å². The van der Waals surface area contributed by atoms with Gasteiger partial charge >= 0.3 is 5.97 Å². The van der Waals surface area contributed by atoms with Crippen LogP contribution in [0.25, 0.3) is 0 Å². The summed E-state index contributed by atoms with van der Waals surface area (Å²) in [6.07, 6.45) is 1.16. The standard InChI is InChI=1S/C20H23N3O4S/c1-15(2)20(24)27-14-13-23(3)18-9-5-16(6-10-18)21-22-17-7-11-19(12-8-17)28(4,25)26/h5-12H,1,13-14H2,2-4H3/b22-21+. The Balaban J connectivity index is 1.93. The van der Waals surface area contributed by atoms with Crippen molar-refractivity contribution < 1.29 is 17.9 Å². The van der Waals surface area contributed by atoms with Gasteiger partial charge in [-0.3, -0.25) is 0 Å². The normalized spacial score (nSPS) is 11.4. The van der Waals surface area contributed by atoms with Crippen molar-refractivity contribution in [3.05, 3.63) is 60.7 Å². The van der Waals surface area contributed by atoms with E-state index in [1.165, 1.54) is 12.1 Å². The Hall–Kier alpha value is -3.00. The number of carbonyl (C=O) groups is 1. The van der Waals surface area contributed by atoms with Gasteiger partial charge in [-0.1, -0.05) is 6.58 Å². The molecule has 0 heterocycles. The van der Waals surface area contributed by atoms with Crippen molar-refractivity contribution >= 4 is 32.9 Å². The third-order valence-corrected chi connectivity index (χ3v) is 4.97. The molecule has 0 aliphatic heterocycles. The van der Waals surface area contributed by atoms with Crippen molar-refractivity contribution in [2.75, 3.05) is 31.4 Å². The molecule has 0 fully saturated rings. The van der Waals surface area contributed by atoms with Crippen LogP contribution in [0.2, 0.25) is 0 Å². The van der Waals surface area contributed by atoms with Gasteiger partial charge < -0.3 is 9.64 Å². The molecule has 0 radical (unpaired) electrons. The molecule has 2 aromatic rings. The minimum Gasteiger partial charge on any atom is -0.460 e. The average molecular weight is 401 g/mol. The van der Waals surface area contributed by atoms with Crippen LogP contribution in [0.4, 0.5) is 17.1 Å². The molecule has 2 rings (SSSR count). The summed E-state index contributed by atoms with van der Waals surface area (Å²) in [5, 5.41) is 8.26. The molecule has 0 atom stereocenters. The van der Waals surface area contributed by atoms with E-state index in [4.69, 9.17) is 4.74 Å². The van der Waals surface area contributed by atoms with E-state index in [0.717, 1.165) is 11.9 Å². The van der Waals surface area contributed by atoms with Crippen molar-refractivity contribution in [2.24, 2.45) is 10.2 Å². The lowest BCUT2D eigenvalue weighted by atomic mass is 10.2. The minimum atomic E-state index is -3.22. The topological polar surface area (TPSA) is 88.4 Å². The molecular formula is C20H23N3O4S. The van der Waals surface area contributed by atoms with E-state index in [-0.39, 0.29) is 11.5 Å². The summed E-state index contributed by atoms with van der Waals surface area (Å²) in [4.78, 5) is 13.6. The van der Waals surface area contributed by atoms with Gasteiger partial charge in [0.15, 0.2) is 9.84 Å². The molecule has 0 spiro atoms. The van der Waals surface area contributed by atoms with Crippen LogP contribution in [-0.4, -0.2) is 40.8 Å². The van der Waals surface area contributed by atoms with E-state index >= 15 is 0 Å². The van der Waals surface area contributed by atoms with Crippen LogP contribution in [0.3, 0.4) is 0 Å². The molecular weight excluding hydrogens is 378 g/mol. The monoisotopic (exact) mass is 401 g/mol. The molecule has 7 nitrogen and oxygen atoms in total. The Morgan fingerprint density at radius 2 is 1.54 bits per heavy atom. The summed E-state index contributed by atoms with van der Waals surface area (Å²) in [7, 11) is -1.33. The number of hydrogen-bond donors (Lipinski definition) is 0. The number of rotatable bonds is 8. The first-order chi connectivity index (χ1) is 13.2. The van der Waals surface area contributed by atoms with E-state index in [2.05, 4.69) is 16.8 Å². The Morgan fingerprint density at radius 3 is 2.00 bits per heavy atom. The number of benzene rings is 2. The van der Waals surface area contributed by atoms with Crippen molar-refractivity contribution in [2.45, 2.75) is 11.8 Å². The molecule has 8 heteroatoms. The van der Waals surface area contributed by atoms with Crippen LogP contribution in [0.5, 0.6) is 0 Å². The second-order valence-corrected chi connectivity index (χ2v) is 8.34. The molecule has 0 saturated carbocycles. The molecule has 0 aliphatic rings. The molecule has 0 saturated heterocycles. The van der Waals surface area contributed by atoms with Crippen molar-refractivity contribution in [1.82, 2.24) is 0 Å². The summed E-state index contributed by atoms with van der Waals surface area (Å²) in [6, 6.07) is 13.6. The molecule has 0 bridgehead atoms. The highest BCUT2D eigenvalue weighted by Gasteiger charge is 2.06. The summed E-state index contributed by atoms with van der Waals surface area (Å²) >= 11 is 0. The van der Waals surface area contributed by atoms with Crippen LogP contribution in [0.15, 0.2) is 75.8 Å². The van der Waals surface area contributed by atoms with Gasteiger partial charge in [0.25, 0.3) is 0 Å². The number of azo groups is 1. The van der Waals surface area contributed by atoms with Crippen molar-refractivity contribution in [1.29, 1.82) is 0 Å². The van der Waals surface area contributed by atoms with Crippen LogP contribution in [0, 0.1) is 0 Å². The lowest BCUT2D eigenvalue weighted by Gasteiger charge is -2.19. The molecule has 0 amide bonds. The number of hydrogen-bond acceptors (Lipinski definition) is 7. The van der Waals surface area contributed by atoms with Gasteiger partial charge in [0.2, 0.25) is 0 Å². The van der Waals surface area contributed by atoms with Gasteiger partial charge in [-0.2, -0.15) is 10.2 Å². The molecule has 0 N–H and O–H groups in total. The Morgan fingerprint density at radius 1 is 1.04 bits per heavy atom. The number of esters is 1. The lowest BCUT2D eigenvalue weighted by Crippen LogP contribution is -2.23. The fraction of sp³-hybridized carbons (Fsp3) is 0.250. The Labute approximate surface area is 165 Å². The van der Waals surface area contributed by atoms with Gasteiger partial charge in [0, 0.05) is 24.6 Å². The summed E-state index contributed by atoms with van der Waals surface area (Å²) in [6.45, 7) is 5.97. The zero-order valence-electron chi connectivity index (χ0n) is 16.1. The molecule has 0 aliphatic carbocycles. The fourth-order valence-electron chi connectivity index (χ4n) is 2.18. The predicted octanol–water partition coefficient (Wildman–Crippen LogP) is 4.06. The fourth-order valence-corrected chi connectivity index (χ4v) is 2.81. The number of sulfone groups is 1. The van der Waals surface area contributed by atoms with Crippen molar-refractivity contribution in [3.8, 4) is 0 Å². The summed E-state index contributed by atoms with van der Waals surface area (Å²) < 4.78 is 28.0. The molecule has 0 aromatic heterocycles. The zero-order valence-corrected chi connectivity index (χ0v) is 16.9. The highest BCUT2D eigenvalue weighted by Crippen LogP contribution is 2.22. The number of anilines is 1. The second kappa shape index (κ2) is 9.27. The van der Waals surface area contributed by atoms with Crippen molar-refractivity contribution in [3.63, 3.8) is 0 Å². The third-order valence-electron chi connectivity index (χ3n) is 3.84. The first kappa shape index (κ1) is 21.3. The van der Waals surface area contributed by atoms with Crippen LogP contribution in [-0.2, 0) is 19.4 Å². The van der Waals surface area contributed by atoms with E-state index < -0.39 is 15.8 Å². The maximum Gasteiger partial charge on any atom is 0.333 e. The van der Waals surface area contributed by atoms with Crippen LogP contribution < -0.4 is 4.90 Å². The number of ether oxygens (including phenoxy) is 1. The SMILES string of the molecule is C=C(C)C(=O)OCCN(C)c1ccc(/N=N/c2ccc(S(C)(=O)=O)cc2)cc1. The second-order valence-electron chi connectivity index (χ2n) is 6.32. The Kier molecular flexibility index (Phi) is 7.06. The maximum absolute atomic E-state index is 11.5. The summed E-state index contributed by atoms with van der Waals surface area (Å²) in [5.74, 6) is -0.395. The van der Waals surface area contributed by atoms with E-state index in [9.17, 15) is 13.2 Å². The van der Waals surface area contributed by atoms with E-state index in [1.54, 1.807) is 19.1 Å². The number of nitrogens with zero attached hydrogens (tertiary/aromatic N) is 3. The van der Waals surface area contributed by atoms with Gasteiger partial charge in [-0.25, -0.2) is 13.2 Å². The molecule has 0 unspecified atom stereocenters. The third kappa shape index (κ3) is 6.31.